The number of fused-ring (bicyclic) bond motifs is 1. The van der Waals surface area contributed by atoms with Crippen LogP contribution in [0.1, 0.15) is 32.7 Å². The van der Waals surface area contributed by atoms with Gasteiger partial charge in [-0.25, -0.2) is 9.55 Å². The van der Waals surface area contributed by atoms with Crippen LogP contribution in [0.5, 0.6) is 11.6 Å². The molecule has 2 atom stereocenters. The monoisotopic (exact) mass is 538 g/mol. The van der Waals surface area contributed by atoms with Crippen LogP contribution in [0.2, 0.25) is 5.02 Å². The normalized spacial score (nSPS) is 19.8. The van der Waals surface area contributed by atoms with Gasteiger partial charge in [0.05, 0.1) is 26.7 Å². The topological polar surface area (TPSA) is 153 Å². The quantitative estimate of drug-likeness (QED) is 0.271. The Hall–Kier alpha value is -2.92. The highest BCUT2D eigenvalue weighted by atomic mass is 35.5. The highest BCUT2D eigenvalue weighted by molar-refractivity contribution is 7.52. The van der Waals surface area contributed by atoms with Crippen LogP contribution in [0.15, 0.2) is 30.6 Å². The van der Waals surface area contributed by atoms with E-state index in [1.54, 1.807) is 37.5 Å². The van der Waals surface area contributed by atoms with E-state index in [0.717, 1.165) is 12.8 Å². The number of hydrogen-bond acceptors (Lipinski definition) is 10. The van der Waals surface area contributed by atoms with Gasteiger partial charge in [-0.2, -0.15) is 15.1 Å². The number of rotatable bonds is 11. The van der Waals surface area contributed by atoms with Crippen molar-refractivity contribution in [3.05, 3.63) is 35.6 Å². The van der Waals surface area contributed by atoms with Crippen molar-refractivity contribution < 1.29 is 27.9 Å². The van der Waals surface area contributed by atoms with Gasteiger partial charge in [-0.1, -0.05) is 11.6 Å². The summed E-state index contributed by atoms with van der Waals surface area (Å²) in [4.78, 5) is 24.8. The Morgan fingerprint density at radius 3 is 2.69 bits per heavy atom. The minimum atomic E-state index is -3.93. The minimum Gasteiger partial charge on any atom is -0.479 e. The molecule has 0 aliphatic heterocycles. The van der Waals surface area contributed by atoms with E-state index in [1.165, 1.54) is 14.0 Å². The first-order valence-corrected chi connectivity index (χ1v) is 13.3. The van der Waals surface area contributed by atoms with Crippen LogP contribution in [-0.4, -0.2) is 51.9 Å². The fourth-order valence-electron chi connectivity index (χ4n) is 3.86. The zero-order valence-electron chi connectivity index (χ0n) is 20.1. The van der Waals surface area contributed by atoms with Gasteiger partial charge in [0, 0.05) is 11.1 Å². The lowest BCUT2D eigenvalue weighted by Crippen LogP contribution is -2.36. The number of esters is 1. The molecule has 12 nitrogen and oxygen atoms in total. The van der Waals surface area contributed by atoms with Gasteiger partial charge in [-0.15, -0.1) is 0 Å². The van der Waals surface area contributed by atoms with E-state index in [-0.39, 0.29) is 36.9 Å². The number of carbonyl (C=O) groups is 1. The summed E-state index contributed by atoms with van der Waals surface area (Å²) in [7, 11) is -2.43. The highest BCUT2D eigenvalue weighted by Crippen LogP contribution is 2.48. The van der Waals surface area contributed by atoms with Crippen molar-refractivity contribution >= 4 is 42.4 Å². The molecule has 0 spiro atoms. The van der Waals surface area contributed by atoms with Gasteiger partial charge in [-0.05, 0) is 56.9 Å². The van der Waals surface area contributed by atoms with Gasteiger partial charge in [0.25, 0.3) is 0 Å². The van der Waals surface area contributed by atoms with Crippen molar-refractivity contribution in [2.45, 2.75) is 38.8 Å². The number of anilines is 1. The molecule has 1 aliphatic carbocycles. The smallest absolute Gasteiger partial charge is 0.459 e. The second kappa shape index (κ2) is 11.0. The fraction of sp³-hybridized carbons (Fsp3) is 0.455. The first kappa shape index (κ1) is 26.2. The van der Waals surface area contributed by atoms with Gasteiger partial charge >= 0.3 is 13.7 Å². The molecule has 1 aromatic carbocycles. The van der Waals surface area contributed by atoms with E-state index in [1.807, 2.05) is 4.57 Å². The fourth-order valence-corrected chi connectivity index (χ4v) is 5.56. The van der Waals surface area contributed by atoms with Crippen molar-refractivity contribution in [2.75, 3.05) is 26.1 Å². The molecule has 0 saturated heterocycles. The van der Waals surface area contributed by atoms with Crippen molar-refractivity contribution in [3.63, 3.8) is 0 Å². The molecule has 14 heteroatoms. The van der Waals surface area contributed by atoms with Gasteiger partial charge in [0.15, 0.2) is 11.2 Å². The number of carbonyl (C=O) groups excluding carboxylic acids is 1. The first-order valence-electron chi connectivity index (χ1n) is 11.4. The Morgan fingerprint density at radius 1 is 1.31 bits per heavy atom. The van der Waals surface area contributed by atoms with Crippen molar-refractivity contribution in [1.29, 1.82) is 0 Å². The number of nitrogen functional groups attached to an aromatic ring is 1. The Balaban J connectivity index is 1.42. The van der Waals surface area contributed by atoms with Gasteiger partial charge in [0.2, 0.25) is 11.8 Å². The van der Waals surface area contributed by atoms with E-state index in [4.69, 9.17) is 35.9 Å². The van der Waals surface area contributed by atoms with Gasteiger partial charge in [0.1, 0.15) is 11.8 Å². The lowest BCUT2D eigenvalue weighted by Gasteiger charge is -2.36. The Morgan fingerprint density at radius 2 is 2.03 bits per heavy atom. The second-order valence-corrected chi connectivity index (χ2v) is 10.5. The number of nitrogens with two attached hydrogens (primary N) is 1. The standard InChI is InChI=1S/C22H28ClN6O6P/c1-4-33-21(30)13(2)28-36(31,35-17-7-5-15(23)6-8-17)34-11-14-9-16(10-14)29-12-25-18-19(29)26-22(24)27-20(18)32-3/h5-8,12-14,16H,4,9-11H2,1-3H3,(H,28,31)(H2,24,26,27)/t13-,14-,16+,36?/m0/s1. The zero-order chi connectivity index (χ0) is 25.9. The number of halogens is 1. The van der Waals surface area contributed by atoms with Crippen LogP contribution >= 0.6 is 19.3 Å². The van der Waals surface area contributed by atoms with Gasteiger partial charge < -0.3 is 24.3 Å². The van der Waals surface area contributed by atoms with Crippen LogP contribution in [0.25, 0.3) is 11.2 Å². The molecule has 0 bridgehead atoms. The predicted molar refractivity (Wildman–Crippen MR) is 133 cm³/mol. The molecule has 3 aromatic rings. The third-order valence-electron chi connectivity index (χ3n) is 5.72. The molecule has 36 heavy (non-hydrogen) atoms. The number of benzene rings is 1. The molecule has 1 aliphatic rings. The summed E-state index contributed by atoms with van der Waals surface area (Å²) in [6, 6.07) is 5.54. The molecule has 4 rings (SSSR count). The lowest BCUT2D eigenvalue weighted by atomic mass is 9.81. The molecule has 1 saturated carbocycles. The van der Waals surface area contributed by atoms with Crippen LogP contribution in [0.4, 0.5) is 5.95 Å². The van der Waals surface area contributed by atoms with E-state index in [9.17, 15) is 9.36 Å². The zero-order valence-corrected chi connectivity index (χ0v) is 21.7. The Labute approximate surface area is 213 Å². The maximum Gasteiger partial charge on any atom is 0.459 e. The molecule has 1 fully saturated rings. The molecule has 2 aromatic heterocycles. The maximum absolute atomic E-state index is 13.6. The second-order valence-electron chi connectivity index (χ2n) is 8.35. The van der Waals surface area contributed by atoms with Crippen LogP contribution in [0.3, 0.4) is 0 Å². The first-order chi connectivity index (χ1) is 17.2. The maximum atomic E-state index is 13.6. The van der Waals surface area contributed by atoms with E-state index in [0.29, 0.717) is 22.1 Å². The summed E-state index contributed by atoms with van der Waals surface area (Å²) in [5.41, 5.74) is 6.93. The molecule has 1 unspecified atom stereocenters. The molecular formula is C22H28ClN6O6P. The van der Waals surface area contributed by atoms with Crippen molar-refractivity contribution in [2.24, 2.45) is 5.92 Å². The van der Waals surface area contributed by atoms with Crippen LogP contribution in [0, 0.1) is 5.92 Å². The number of nitrogens with one attached hydrogen (secondary N) is 1. The molecule has 194 valence electrons. The van der Waals surface area contributed by atoms with Crippen LogP contribution in [-0.2, 0) is 18.6 Å². The van der Waals surface area contributed by atoms with Gasteiger partial charge in [-0.3, -0.25) is 9.32 Å². The number of ether oxygens (including phenoxy) is 2. The van der Waals surface area contributed by atoms with Crippen molar-refractivity contribution in [3.8, 4) is 11.6 Å². The predicted octanol–water partition coefficient (Wildman–Crippen LogP) is 3.77. The molecule has 2 heterocycles. The van der Waals surface area contributed by atoms with E-state index < -0.39 is 19.8 Å². The van der Waals surface area contributed by atoms with Crippen molar-refractivity contribution in [1.82, 2.24) is 24.6 Å². The average molecular weight is 539 g/mol. The van der Waals surface area contributed by atoms with Crippen LogP contribution < -0.4 is 20.1 Å². The average Bonchev–Trinajstić information content (AvgIpc) is 3.22. The summed E-state index contributed by atoms with van der Waals surface area (Å²) >= 11 is 5.93. The summed E-state index contributed by atoms with van der Waals surface area (Å²) in [5.74, 6) is 0.234. The highest BCUT2D eigenvalue weighted by Gasteiger charge is 2.37. The molecule has 0 amide bonds. The largest absolute Gasteiger partial charge is 0.479 e. The van der Waals surface area contributed by atoms with E-state index in [2.05, 4.69) is 20.0 Å². The number of nitrogens with zero attached hydrogens (tertiary/aromatic N) is 4. The molecular weight excluding hydrogens is 511 g/mol. The number of methoxy groups -OCH3 is 1. The number of hydrogen-bond donors (Lipinski definition) is 2. The molecule has 0 radical (unpaired) electrons. The number of imidazole rings is 1. The Kier molecular flexibility index (Phi) is 7.99. The number of aromatic nitrogens is 4. The summed E-state index contributed by atoms with van der Waals surface area (Å²) in [6.45, 7) is 3.57. The molecule has 3 N–H and O–H groups in total. The SMILES string of the molecule is CCOC(=O)[C@H](C)NP(=O)(OC[C@H]1C[C@@H](n2cnc3c(OC)nc(N)nc32)C1)Oc1ccc(Cl)cc1. The minimum absolute atomic E-state index is 0.0929. The third kappa shape index (κ3) is 5.89. The third-order valence-corrected chi connectivity index (χ3v) is 7.61. The summed E-state index contributed by atoms with van der Waals surface area (Å²) in [6.07, 6.45) is 3.14. The summed E-state index contributed by atoms with van der Waals surface area (Å²) < 4.78 is 37.2. The van der Waals surface area contributed by atoms with E-state index >= 15 is 0 Å². The lowest BCUT2D eigenvalue weighted by molar-refractivity contribution is -0.144. The Bertz CT molecular complexity index is 1270. The summed E-state index contributed by atoms with van der Waals surface area (Å²) in [5, 5.41) is 3.17.